The van der Waals surface area contributed by atoms with E-state index in [2.05, 4.69) is 26.1 Å². The van der Waals surface area contributed by atoms with Gasteiger partial charge in [0.1, 0.15) is 5.75 Å². The van der Waals surface area contributed by atoms with Crippen molar-refractivity contribution in [1.29, 1.82) is 0 Å². The smallest absolute Gasteiger partial charge is 0.157 e. The number of Topliss-reactive ketones (excluding diaryl/α,β-unsaturated/α-hetero) is 1. The van der Waals surface area contributed by atoms with E-state index in [1.165, 1.54) is 0 Å². The monoisotopic (exact) mass is 346 g/mol. The van der Waals surface area contributed by atoms with Gasteiger partial charge in [0.2, 0.25) is 0 Å². The molecule has 1 saturated carbocycles. The zero-order valence-corrected chi connectivity index (χ0v) is 16.0. The molecule has 1 aliphatic carbocycles. The highest BCUT2D eigenvalue weighted by atomic mass is 16.3. The number of ketones is 1. The van der Waals surface area contributed by atoms with Crippen LogP contribution < -0.4 is 11.1 Å². The van der Waals surface area contributed by atoms with Gasteiger partial charge in [-0.2, -0.15) is 0 Å². The summed E-state index contributed by atoms with van der Waals surface area (Å²) in [6, 6.07) is 6.45. The molecule has 0 aliphatic heterocycles. The van der Waals surface area contributed by atoms with Crippen LogP contribution >= 0.6 is 0 Å². The van der Waals surface area contributed by atoms with E-state index in [1.54, 1.807) is 12.1 Å². The fourth-order valence-corrected chi connectivity index (χ4v) is 4.12. The van der Waals surface area contributed by atoms with Gasteiger partial charge in [0.15, 0.2) is 5.78 Å². The average molecular weight is 347 g/mol. The molecule has 140 valence electrons. The van der Waals surface area contributed by atoms with Crippen molar-refractivity contribution in [2.45, 2.75) is 77.3 Å². The van der Waals surface area contributed by atoms with Gasteiger partial charge in [-0.15, -0.1) is 0 Å². The lowest BCUT2D eigenvalue weighted by molar-refractivity contribution is -0.136. The number of rotatable bonds is 8. The highest BCUT2D eigenvalue weighted by molar-refractivity contribution is 5.91. The van der Waals surface area contributed by atoms with Crippen molar-refractivity contribution in [3.63, 3.8) is 0 Å². The number of phenols is 1. The molecule has 3 atom stereocenters. The van der Waals surface area contributed by atoms with Crippen LogP contribution in [-0.4, -0.2) is 29.0 Å². The lowest BCUT2D eigenvalue weighted by atomic mass is 9.59. The molecule has 2 unspecified atom stereocenters. The van der Waals surface area contributed by atoms with E-state index in [0.717, 1.165) is 50.6 Å². The molecule has 1 aliphatic rings. The van der Waals surface area contributed by atoms with E-state index in [1.807, 2.05) is 12.1 Å². The standard InChI is InChI=1S/C21H34N2O2/c1-4-5-14-23-21(3)13-7-6-12-20(21,2)19(25)18(22)15-16-8-10-17(24)11-9-16/h8-11,18,23-24H,4-7,12-15,22H2,1-3H3/t18-,20?,21?/m0/s1. The summed E-state index contributed by atoms with van der Waals surface area (Å²) in [7, 11) is 0. The summed E-state index contributed by atoms with van der Waals surface area (Å²) >= 11 is 0. The van der Waals surface area contributed by atoms with E-state index in [-0.39, 0.29) is 17.1 Å². The fraction of sp³-hybridized carbons (Fsp3) is 0.667. The second kappa shape index (κ2) is 8.33. The second-order valence-corrected chi connectivity index (χ2v) is 7.99. The minimum atomic E-state index is -0.514. The van der Waals surface area contributed by atoms with Crippen LogP contribution in [-0.2, 0) is 11.2 Å². The Balaban J connectivity index is 2.13. The topological polar surface area (TPSA) is 75.4 Å². The fourth-order valence-electron chi connectivity index (χ4n) is 4.12. The minimum Gasteiger partial charge on any atom is -0.508 e. The van der Waals surface area contributed by atoms with Gasteiger partial charge < -0.3 is 16.2 Å². The predicted octanol–water partition coefficient (Wildman–Crippen LogP) is 3.56. The molecule has 0 saturated heterocycles. The molecular formula is C21H34N2O2. The van der Waals surface area contributed by atoms with Gasteiger partial charge in [-0.05, 0) is 56.8 Å². The van der Waals surface area contributed by atoms with Crippen LogP contribution in [0.5, 0.6) is 5.75 Å². The highest BCUT2D eigenvalue weighted by Crippen LogP contribution is 2.45. The molecule has 0 aromatic heterocycles. The van der Waals surface area contributed by atoms with E-state index >= 15 is 0 Å². The summed E-state index contributed by atoms with van der Waals surface area (Å²) < 4.78 is 0. The number of nitrogens with one attached hydrogen (secondary N) is 1. The van der Waals surface area contributed by atoms with Gasteiger partial charge in [-0.25, -0.2) is 0 Å². The molecule has 2 rings (SSSR count). The lowest BCUT2D eigenvalue weighted by Crippen LogP contribution is -2.63. The van der Waals surface area contributed by atoms with Crippen LogP contribution in [0.3, 0.4) is 0 Å². The number of phenolic OH excluding ortho intramolecular Hbond substituents is 1. The molecule has 0 spiro atoms. The van der Waals surface area contributed by atoms with Crippen LogP contribution in [0.15, 0.2) is 24.3 Å². The molecule has 4 nitrogen and oxygen atoms in total. The quantitative estimate of drug-likeness (QED) is 0.629. The van der Waals surface area contributed by atoms with Crippen LogP contribution in [0.1, 0.15) is 64.9 Å². The average Bonchev–Trinajstić information content (AvgIpc) is 2.59. The van der Waals surface area contributed by atoms with Crippen molar-refractivity contribution >= 4 is 5.78 Å². The number of carbonyl (C=O) groups excluding carboxylic acids is 1. The van der Waals surface area contributed by atoms with Gasteiger partial charge in [0, 0.05) is 11.0 Å². The Kier molecular flexibility index (Phi) is 6.64. The van der Waals surface area contributed by atoms with Crippen molar-refractivity contribution in [3.8, 4) is 5.75 Å². The van der Waals surface area contributed by atoms with Crippen LogP contribution in [0, 0.1) is 5.41 Å². The summed E-state index contributed by atoms with van der Waals surface area (Å²) in [4.78, 5) is 13.3. The maximum atomic E-state index is 13.3. The molecule has 1 aromatic carbocycles. The predicted molar refractivity (Wildman–Crippen MR) is 103 cm³/mol. The van der Waals surface area contributed by atoms with Gasteiger partial charge in [0.05, 0.1) is 6.04 Å². The molecule has 1 fully saturated rings. The minimum absolute atomic E-state index is 0.159. The van der Waals surface area contributed by atoms with E-state index in [9.17, 15) is 9.90 Å². The van der Waals surface area contributed by atoms with Gasteiger partial charge in [-0.1, -0.05) is 45.2 Å². The first-order valence-corrected chi connectivity index (χ1v) is 9.65. The van der Waals surface area contributed by atoms with E-state index in [4.69, 9.17) is 5.73 Å². The first-order valence-electron chi connectivity index (χ1n) is 9.65. The summed E-state index contributed by atoms with van der Waals surface area (Å²) in [6.07, 6.45) is 6.94. The number of aromatic hydroxyl groups is 1. The first kappa shape index (κ1) is 19.9. The van der Waals surface area contributed by atoms with Gasteiger partial charge in [-0.3, -0.25) is 4.79 Å². The lowest BCUT2D eigenvalue weighted by Gasteiger charge is -2.50. The van der Waals surface area contributed by atoms with Crippen LogP contribution in [0.4, 0.5) is 0 Å². The summed E-state index contributed by atoms with van der Waals surface area (Å²) in [5, 5.41) is 13.1. The van der Waals surface area contributed by atoms with Gasteiger partial charge >= 0.3 is 0 Å². The molecule has 25 heavy (non-hydrogen) atoms. The van der Waals surface area contributed by atoms with Crippen molar-refractivity contribution in [3.05, 3.63) is 29.8 Å². The maximum Gasteiger partial charge on any atom is 0.157 e. The van der Waals surface area contributed by atoms with Crippen LogP contribution in [0.2, 0.25) is 0 Å². The SMILES string of the molecule is CCCCNC1(C)CCCCC1(C)C(=O)[C@@H](N)Cc1ccc(O)cc1. The number of hydrogen-bond donors (Lipinski definition) is 3. The van der Waals surface area contributed by atoms with Gasteiger partial charge in [0.25, 0.3) is 0 Å². The molecule has 4 heteroatoms. The summed E-state index contributed by atoms with van der Waals surface area (Å²) in [5.74, 6) is 0.391. The molecule has 0 radical (unpaired) electrons. The Bertz CT molecular complexity index is 572. The number of benzene rings is 1. The molecule has 4 N–H and O–H groups in total. The summed E-state index contributed by atoms with van der Waals surface area (Å²) in [6.45, 7) is 7.43. The normalized spacial score (nSPS) is 27.8. The zero-order valence-electron chi connectivity index (χ0n) is 16.0. The highest BCUT2D eigenvalue weighted by Gasteiger charge is 2.51. The second-order valence-electron chi connectivity index (χ2n) is 7.99. The van der Waals surface area contributed by atoms with E-state index in [0.29, 0.717) is 6.42 Å². The van der Waals surface area contributed by atoms with Crippen molar-refractivity contribution in [2.24, 2.45) is 11.1 Å². The largest absolute Gasteiger partial charge is 0.508 e. The molecule has 1 aromatic rings. The maximum absolute atomic E-state index is 13.3. The Labute approximate surface area is 152 Å². The Morgan fingerprint density at radius 1 is 1.24 bits per heavy atom. The molecule has 0 bridgehead atoms. The number of hydrogen-bond acceptors (Lipinski definition) is 4. The Morgan fingerprint density at radius 2 is 1.88 bits per heavy atom. The first-order chi connectivity index (χ1) is 11.8. The van der Waals surface area contributed by atoms with E-state index < -0.39 is 11.5 Å². The third-order valence-electron chi connectivity index (χ3n) is 6.14. The van der Waals surface area contributed by atoms with Crippen molar-refractivity contribution in [2.75, 3.05) is 6.54 Å². The molecule has 0 heterocycles. The zero-order chi connectivity index (χ0) is 18.5. The third kappa shape index (κ3) is 4.42. The molecular weight excluding hydrogens is 312 g/mol. The number of carbonyl (C=O) groups is 1. The van der Waals surface area contributed by atoms with Crippen LogP contribution in [0.25, 0.3) is 0 Å². The molecule has 0 amide bonds. The van der Waals surface area contributed by atoms with Crippen molar-refractivity contribution < 1.29 is 9.90 Å². The Morgan fingerprint density at radius 3 is 2.52 bits per heavy atom. The number of nitrogens with two attached hydrogens (primary N) is 1. The van der Waals surface area contributed by atoms with Crippen molar-refractivity contribution in [1.82, 2.24) is 5.32 Å². The Hall–Kier alpha value is -1.39. The number of unbranched alkanes of at least 4 members (excludes halogenated alkanes) is 1. The summed E-state index contributed by atoms with van der Waals surface area (Å²) in [5.41, 5.74) is 6.70. The third-order valence-corrected chi connectivity index (χ3v) is 6.14.